The monoisotopic (exact) mass is 270 g/mol. The number of nitrogens with zero attached hydrogens (tertiary/aromatic N) is 2. The maximum atomic E-state index is 12.2. The molecule has 7 heteroatoms. The van der Waals surface area contributed by atoms with Crippen LogP contribution in [0.25, 0.3) is 0 Å². The minimum absolute atomic E-state index is 0.0539. The predicted molar refractivity (Wildman–Crippen MR) is 69.5 cm³/mol. The molecule has 0 aromatic carbocycles. The van der Waals surface area contributed by atoms with Crippen molar-refractivity contribution in [2.24, 2.45) is 0 Å². The molecule has 0 radical (unpaired) electrons. The van der Waals surface area contributed by atoms with Gasteiger partial charge in [0.25, 0.3) is 0 Å². The van der Waals surface area contributed by atoms with Crippen molar-refractivity contribution in [2.75, 3.05) is 25.9 Å². The molecule has 1 aliphatic heterocycles. The van der Waals surface area contributed by atoms with Gasteiger partial charge in [-0.25, -0.2) is 13.1 Å². The lowest BCUT2D eigenvalue weighted by molar-refractivity contribution is 0.242. The van der Waals surface area contributed by atoms with Gasteiger partial charge in [0, 0.05) is 25.0 Å². The number of rotatable bonds is 3. The quantitative estimate of drug-likeness (QED) is 0.809. The molecule has 1 saturated heterocycles. The minimum Gasteiger partial charge on any atom is -0.398 e. The summed E-state index contributed by atoms with van der Waals surface area (Å²) < 4.78 is 27.0. The van der Waals surface area contributed by atoms with Crippen LogP contribution in [0.2, 0.25) is 0 Å². The first kappa shape index (κ1) is 13.3. The second-order valence-electron chi connectivity index (χ2n) is 4.64. The molecule has 18 heavy (non-hydrogen) atoms. The largest absolute Gasteiger partial charge is 0.398 e. The van der Waals surface area contributed by atoms with Crippen LogP contribution in [0.5, 0.6) is 0 Å². The van der Waals surface area contributed by atoms with Crippen molar-refractivity contribution in [1.29, 1.82) is 0 Å². The van der Waals surface area contributed by atoms with Gasteiger partial charge < -0.3 is 10.6 Å². The summed E-state index contributed by atoms with van der Waals surface area (Å²) >= 11 is 0. The number of nitrogens with one attached hydrogen (secondary N) is 1. The van der Waals surface area contributed by atoms with Crippen molar-refractivity contribution in [3.63, 3.8) is 0 Å². The number of likely N-dealkylation sites (N-methyl/N-ethyl adjacent to an activating group) is 1. The van der Waals surface area contributed by atoms with Crippen molar-refractivity contribution in [3.8, 4) is 0 Å². The van der Waals surface area contributed by atoms with Crippen molar-refractivity contribution < 1.29 is 8.42 Å². The molecule has 0 saturated carbocycles. The highest BCUT2D eigenvalue weighted by atomic mass is 32.2. The fourth-order valence-corrected chi connectivity index (χ4v) is 3.50. The zero-order valence-electron chi connectivity index (χ0n) is 10.3. The molecule has 2 rings (SSSR count). The molecular formula is C11H18N4O2S. The van der Waals surface area contributed by atoms with Gasteiger partial charge in [-0.3, -0.25) is 4.98 Å². The first-order chi connectivity index (χ1) is 8.49. The molecule has 6 nitrogen and oxygen atoms in total. The fraction of sp³-hybridized carbons (Fsp3) is 0.545. The molecule has 2 heterocycles. The van der Waals surface area contributed by atoms with Crippen molar-refractivity contribution in [2.45, 2.75) is 23.8 Å². The fourth-order valence-electron chi connectivity index (χ4n) is 2.16. The summed E-state index contributed by atoms with van der Waals surface area (Å²) in [5, 5.41) is 0. The Labute approximate surface area is 107 Å². The van der Waals surface area contributed by atoms with E-state index in [1.165, 1.54) is 18.5 Å². The van der Waals surface area contributed by atoms with Crippen LogP contribution in [0.1, 0.15) is 12.8 Å². The highest BCUT2D eigenvalue weighted by Crippen LogP contribution is 2.17. The van der Waals surface area contributed by atoms with Crippen molar-refractivity contribution in [1.82, 2.24) is 14.6 Å². The zero-order chi connectivity index (χ0) is 13.2. The maximum Gasteiger partial charge on any atom is 0.244 e. The van der Waals surface area contributed by atoms with Crippen LogP contribution in [0.4, 0.5) is 5.69 Å². The number of likely N-dealkylation sites (tertiary alicyclic amines) is 1. The van der Waals surface area contributed by atoms with Gasteiger partial charge in [0.2, 0.25) is 10.0 Å². The molecule has 3 N–H and O–H groups in total. The summed E-state index contributed by atoms with van der Waals surface area (Å²) in [6.07, 6.45) is 4.60. The van der Waals surface area contributed by atoms with E-state index in [1.807, 2.05) is 7.05 Å². The molecule has 1 aromatic rings. The van der Waals surface area contributed by atoms with E-state index in [-0.39, 0.29) is 16.6 Å². The summed E-state index contributed by atoms with van der Waals surface area (Å²) in [6.45, 7) is 1.73. The molecule has 1 atom stereocenters. The second-order valence-corrected chi connectivity index (χ2v) is 6.32. The zero-order valence-corrected chi connectivity index (χ0v) is 11.2. The lowest BCUT2D eigenvalue weighted by atomic mass is 10.1. The van der Waals surface area contributed by atoms with E-state index in [1.54, 1.807) is 0 Å². The molecule has 0 bridgehead atoms. The number of hydrogen-bond acceptors (Lipinski definition) is 5. The normalized spacial score (nSPS) is 21.9. The van der Waals surface area contributed by atoms with Crippen LogP contribution in [-0.2, 0) is 10.0 Å². The summed E-state index contributed by atoms with van der Waals surface area (Å²) in [7, 11) is -1.59. The lowest BCUT2D eigenvalue weighted by Gasteiger charge is -2.30. The van der Waals surface area contributed by atoms with Crippen LogP contribution in [0.15, 0.2) is 23.4 Å². The van der Waals surface area contributed by atoms with Crippen LogP contribution in [0, 0.1) is 0 Å². The first-order valence-electron chi connectivity index (χ1n) is 5.89. The summed E-state index contributed by atoms with van der Waals surface area (Å²) in [5.41, 5.74) is 5.89. The van der Waals surface area contributed by atoms with Gasteiger partial charge in [0.05, 0.1) is 5.69 Å². The number of nitrogen functional groups attached to an aromatic ring is 1. The number of sulfonamides is 1. The van der Waals surface area contributed by atoms with Crippen molar-refractivity contribution >= 4 is 15.7 Å². The van der Waals surface area contributed by atoms with Gasteiger partial charge in [0.1, 0.15) is 4.90 Å². The summed E-state index contributed by atoms with van der Waals surface area (Å²) in [6, 6.07) is 1.43. The Balaban J connectivity index is 2.15. The number of nitrogens with two attached hydrogens (primary N) is 1. The van der Waals surface area contributed by atoms with E-state index >= 15 is 0 Å². The van der Waals surface area contributed by atoms with Crippen LogP contribution in [0.3, 0.4) is 0 Å². The maximum absolute atomic E-state index is 12.2. The molecule has 1 aliphatic rings. The van der Waals surface area contributed by atoms with Gasteiger partial charge in [0.15, 0.2) is 0 Å². The average Bonchev–Trinajstić information content (AvgIpc) is 2.28. The third kappa shape index (κ3) is 2.98. The second kappa shape index (κ2) is 5.21. The standard InChI is InChI=1S/C11H18N4O2S/c1-15-6-2-3-9(8-15)14-18(16,17)11-7-13-5-4-10(11)12/h4-5,7,9,14H,2-3,6,8H2,1H3,(H2,12,13). The average molecular weight is 270 g/mol. The Kier molecular flexibility index (Phi) is 3.84. The third-order valence-electron chi connectivity index (χ3n) is 3.05. The Morgan fingerprint density at radius 3 is 3.00 bits per heavy atom. The van der Waals surface area contributed by atoms with Gasteiger partial charge in [-0.1, -0.05) is 0 Å². The minimum atomic E-state index is -3.58. The van der Waals surface area contributed by atoms with E-state index in [0.29, 0.717) is 0 Å². The van der Waals surface area contributed by atoms with Gasteiger partial charge in [-0.2, -0.15) is 0 Å². The number of pyridine rings is 1. The summed E-state index contributed by atoms with van der Waals surface area (Å²) in [5.74, 6) is 0. The SMILES string of the molecule is CN1CCCC(NS(=O)(=O)c2cnccc2N)C1. The Morgan fingerprint density at radius 1 is 1.56 bits per heavy atom. The first-order valence-corrected chi connectivity index (χ1v) is 7.38. The topological polar surface area (TPSA) is 88.3 Å². The third-order valence-corrected chi connectivity index (χ3v) is 4.62. The Hall–Kier alpha value is -1.18. The molecule has 0 aliphatic carbocycles. The predicted octanol–water partition coefficient (Wildman–Crippen LogP) is 0.0363. The van der Waals surface area contributed by atoms with E-state index in [4.69, 9.17) is 5.73 Å². The molecule has 1 unspecified atom stereocenters. The molecule has 0 amide bonds. The van der Waals surface area contributed by atoms with Gasteiger partial charge in [-0.05, 0) is 32.5 Å². The molecule has 100 valence electrons. The number of aromatic nitrogens is 1. The molecule has 0 spiro atoms. The molecular weight excluding hydrogens is 252 g/mol. The van der Waals surface area contributed by atoms with Crippen LogP contribution < -0.4 is 10.5 Å². The highest BCUT2D eigenvalue weighted by Gasteiger charge is 2.25. The molecule has 1 aromatic heterocycles. The van der Waals surface area contributed by atoms with Crippen LogP contribution >= 0.6 is 0 Å². The van der Waals surface area contributed by atoms with E-state index < -0.39 is 10.0 Å². The van der Waals surface area contributed by atoms with E-state index in [9.17, 15) is 8.42 Å². The van der Waals surface area contributed by atoms with Crippen LogP contribution in [-0.4, -0.2) is 44.5 Å². The Bertz CT molecular complexity index is 518. The van der Waals surface area contributed by atoms with Gasteiger partial charge in [-0.15, -0.1) is 0 Å². The number of hydrogen-bond donors (Lipinski definition) is 2. The Morgan fingerprint density at radius 2 is 2.33 bits per heavy atom. The smallest absolute Gasteiger partial charge is 0.244 e. The summed E-state index contributed by atoms with van der Waals surface area (Å²) in [4.78, 5) is 5.98. The van der Waals surface area contributed by atoms with Gasteiger partial charge >= 0.3 is 0 Å². The lowest BCUT2D eigenvalue weighted by Crippen LogP contribution is -2.46. The van der Waals surface area contributed by atoms with E-state index in [2.05, 4.69) is 14.6 Å². The van der Waals surface area contributed by atoms with E-state index in [0.717, 1.165) is 25.9 Å². The number of anilines is 1. The molecule has 1 fully saturated rings. The highest BCUT2D eigenvalue weighted by molar-refractivity contribution is 7.89. The van der Waals surface area contributed by atoms with Crippen molar-refractivity contribution in [3.05, 3.63) is 18.5 Å². The number of piperidine rings is 1.